The number of nitrogens with two attached hydrogens (primary N) is 1. The number of ether oxygens (including phenoxy) is 2. The van der Waals surface area contributed by atoms with Gasteiger partial charge in [-0.15, -0.1) is 0 Å². The second kappa shape index (κ2) is 9.39. The number of fused-ring (bicyclic) bond motifs is 1. The van der Waals surface area contributed by atoms with Crippen LogP contribution in [0.15, 0.2) is 11.1 Å². The van der Waals surface area contributed by atoms with Crippen molar-refractivity contribution in [2.75, 3.05) is 32.2 Å². The van der Waals surface area contributed by atoms with Gasteiger partial charge in [0.25, 0.3) is 5.56 Å². The van der Waals surface area contributed by atoms with Gasteiger partial charge < -0.3 is 19.8 Å². The molecular weight excluding hydrogens is 310 g/mol. The smallest absolute Gasteiger partial charge is 0.280 e. The lowest BCUT2D eigenvalue weighted by molar-refractivity contribution is 0.0651. The maximum absolute atomic E-state index is 11.9. The number of anilines is 1. The van der Waals surface area contributed by atoms with Gasteiger partial charge in [-0.05, 0) is 19.3 Å². The molecule has 3 N–H and O–H groups in total. The first-order valence-corrected chi connectivity index (χ1v) is 8.51. The van der Waals surface area contributed by atoms with Crippen LogP contribution in [0.5, 0.6) is 0 Å². The standard InChI is InChI=1S/C16H27N5O3/c1-3-6-23-8-5-12(10-24-7-4-2)9-21-11-18-13-14(21)19-16(17)20-15(13)22/h11-12H,3-10H2,1-2H3,(H3,17,19,20,22). The molecule has 134 valence electrons. The molecule has 0 amide bonds. The minimum absolute atomic E-state index is 0.0966. The summed E-state index contributed by atoms with van der Waals surface area (Å²) in [4.78, 5) is 22.7. The van der Waals surface area contributed by atoms with E-state index in [4.69, 9.17) is 15.2 Å². The highest BCUT2D eigenvalue weighted by Crippen LogP contribution is 2.13. The van der Waals surface area contributed by atoms with Gasteiger partial charge in [0.05, 0.1) is 12.9 Å². The summed E-state index contributed by atoms with van der Waals surface area (Å²) in [6.45, 7) is 7.67. The van der Waals surface area contributed by atoms with E-state index in [1.54, 1.807) is 6.33 Å². The molecule has 0 saturated carbocycles. The molecule has 0 spiro atoms. The van der Waals surface area contributed by atoms with Crippen molar-refractivity contribution in [1.82, 2.24) is 19.5 Å². The van der Waals surface area contributed by atoms with Gasteiger partial charge >= 0.3 is 0 Å². The molecule has 0 saturated heterocycles. The molecule has 0 fully saturated rings. The Hall–Kier alpha value is -1.93. The van der Waals surface area contributed by atoms with Gasteiger partial charge in [-0.3, -0.25) is 9.78 Å². The van der Waals surface area contributed by atoms with Gasteiger partial charge in [0.1, 0.15) is 0 Å². The molecule has 2 aromatic heterocycles. The van der Waals surface area contributed by atoms with Gasteiger partial charge in [-0.25, -0.2) is 4.98 Å². The Morgan fingerprint density at radius 3 is 2.75 bits per heavy atom. The third-order valence-electron chi connectivity index (χ3n) is 3.67. The van der Waals surface area contributed by atoms with Crippen LogP contribution in [0, 0.1) is 5.92 Å². The van der Waals surface area contributed by atoms with E-state index in [0.717, 1.165) is 32.5 Å². The van der Waals surface area contributed by atoms with Gasteiger partial charge in [0.15, 0.2) is 11.2 Å². The van der Waals surface area contributed by atoms with Crippen molar-refractivity contribution in [2.24, 2.45) is 5.92 Å². The van der Waals surface area contributed by atoms with Crippen LogP contribution in [0.4, 0.5) is 5.95 Å². The number of imidazole rings is 1. The minimum Gasteiger partial charge on any atom is -0.381 e. The van der Waals surface area contributed by atoms with Crippen molar-refractivity contribution >= 4 is 17.1 Å². The Morgan fingerprint density at radius 2 is 2.00 bits per heavy atom. The van der Waals surface area contributed by atoms with E-state index in [-0.39, 0.29) is 17.4 Å². The van der Waals surface area contributed by atoms with Crippen LogP contribution >= 0.6 is 0 Å². The van der Waals surface area contributed by atoms with Gasteiger partial charge in [0.2, 0.25) is 5.95 Å². The van der Waals surface area contributed by atoms with E-state index in [2.05, 4.69) is 28.8 Å². The predicted molar refractivity (Wildman–Crippen MR) is 92.9 cm³/mol. The lowest BCUT2D eigenvalue weighted by atomic mass is 10.1. The first kappa shape index (κ1) is 18.4. The monoisotopic (exact) mass is 337 g/mol. The molecule has 8 nitrogen and oxygen atoms in total. The molecule has 0 aliphatic heterocycles. The average molecular weight is 337 g/mol. The molecule has 0 aliphatic rings. The fourth-order valence-corrected chi connectivity index (χ4v) is 2.50. The van der Waals surface area contributed by atoms with Crippen molar-refractivity contribution in [3.8, 4) is 0 Å². The van der Waals surface area contributed by atoms with Crippen LogP contribution in [0.3, 0.4) is 0 Å². The number of nitrogens with one attached hydrogen (secondary N) is 1. The quantitative estimate of drug-likeness (QED) is 0.602. The van der Waals surface area contributed by atoms with Gasteiger partial charge in [-0.1, -0.05) is 13.8 Å². The number of nitrogen functional groups attached to an aromatic ring is 1. The SMILES string of the molecule is CCCOCCC(COCCC)Cn1cnc2c(=O)[nH]c(N)nc21. The van der Waals surface area contributed by atoms with Crippen LogP contribution in [0.25, 0.3) is 11.2 Å². The lowest BCUT2D eigenvalue weighted by Gasteiger charge is -2.18. The van der Waals surface area contributed by atoms with E-state index >= 15 is 0 Å². The number of rotatable bonds is 11. The molecule has 0 bridgehead atoms. The number of hydrogen-bond acceptors (Lipinski definition) is 6. The largest absolute Gasteiger partial charge is 0.381 e. The van der Waals surface area contributed by atoms with Crippen LogP contribution < -0.4 is 11.3 Å². The van der Waals surface area contributed by atoms with E-state index < -0.39 is 0 Å². The zero-order valence-corrected chi connectivity index (χ0v) is 14.5. The Labute approximate surface area is 141 Å². The highest BCUT2D eigenvalue weighted by atomic mass is 16.5. The van der Waals surface area contributed by atoms with Crippen molar-refractivity contribution in [1.29, 1.82) is 0 Å². The van der Waals surface area contributed by atoms with Crippen molar-refractivity contribution < 1.29 is 9.47 Å². The molecule has 0 radical (unpaired) electrons. The number of aromatic nitrogens is 4. The lowest BCUT2D eigenvalue weighted by Crippen LogP contribution is -2.20. The van der Waals surface area contributed by atoms with E-state index in [9.17, 15) is 4.79 Å². The zero-order valence-electron chi connectivity index (χ0n) is 14.5. The topological polar surface area (TPSA) is 108 Å². The van der Waals surface area contributed by atoms with Gasteiger partial charge in [-0.2, -0.15) is 4.98 Å². The summed E-state index contributed by atoms with van der Waals surface area (Å²) in [5.41, 5.74) is 6.14. The van der Waals surface area contributed by atoms with E-state index in [0.29, 0.717) is 30.9 Å². The first-order chi connectivity index (χ1) is 11.7. The third-order valence-corrected chi connectivity index (χ3v) is 3.67. The summed E-state index contributed by atoms with van der Waals surface area (Å²) in [6, 6.07) is 0. The molecule has 0 aliphatic carbocycles. The highest BCUT2D eigenvalue weighted by molar-refractivity contribution is 5.70. The average Bonchev–Trinajstić information content (AvgIpc) is 2.94. The van der Waals surface area contributed by atoms with Gasteiger partial charge in [0, 0.05) is 32.3 Å². The summed E-state index contributed by atoms with van der Waals surface area (Å²) in [5.74, 6) is 0.354. The predicted octanol–water partition coefficient (Wildman–Crippen LogP) is 1.56. The molecule has 0 aromatic carbocycles. The zero-order chi connectivity index (χ0) is 17.4. The maximum Gasteiger partial charge on any atom is 0.280 e. The van der Waals surface area contributed by atoms with Crippen molar-refractivity contribution in [3.05, 3.63) is 16.7 Å². The Bertz CT molecular complexity index is 682. The minimum atomic E-state index is -0.318. The van der Waals surface area contributed by atoms with Crippen molar-refractivity contribution in [3.63, 3.8) is 0 Å². The summed E-state index contributed by atoms with van der Waals surface area (Å²) in [7, 11) is 0. The van der Waals surface area contributed by atoms with Crippen LogP contribution in [-0.2, 0) is 16.0 Å². The number of aromatic amines is 1. The van der Waals surface area contributed by atoms with Crippen LogP contribution in [-0.4, -0.2) is 45.9 Å². The summed E-state index contributed by atoms with van der Waals surface area (Å²) < 4.78 is 13.2. The molecule has 24 heavy (non-hydrogen) atoms. The molecule has 1 unspecified atom stereocenters. The van der Waals surface area contributed by atoms with E-state index in [1.165, 1.54) is 0 Å². The van der Waals surface area contributed by atoms with E-state index in [1.807, 2.05) is 4.57 Å². The summed E-state index contributed by atoms with van der Waals surface area (Å²) in [5, 5.41) is 0. The van der Waals surface area contributed by atoms with Crippen LogP contribution in [0.2, 0.25) is 0 Å². The normalized spacial score (nSPS) is 12.8. The second-order valence-electron chi connectivity index (χ2n) is 5.86. The summed E-state index contributed by atoms with van der Waals surface area (Å²) in [6.07, 6.45) is 4.50. The molecule has 1 atom stereocenters. The Kier molecular flexibility index (Phi) is 7.20. The summed E-state index contributed by atoms with van der Waals surface area (Å²) >= 11 is 0. The van der Waals surface area contributed by atoms with Crippen molar-refractivity contribution in [2.45, 2.75) is 39.7 Å². The first-order valence-electron chi connectivity index (χ1n) is 8.51. The number of nitrogens with zero attached hydrogens (tertiary/aromatic N) is 3. The number of hydrogen-bond donors (Lipinski definition) is 2. The Balaban J connectivity index is 2.08. The molecule has 2 aromatic rings. The highest BCUT2D eigenvalue weighted by Gasteiger charge is 2.15. The molecule has 2 heterocycles. The molecule has 2 rings (SSSR count). The maximum atomic E-state index is 11.9. The fourth-order valence-electron chi connectivity index (χ4n) is 2.50. The third kappa shape index (κ3) is 5.04. The molecule has 8 heteroatoms. The second-order valence-corrected chi connectivity index (χ2v) is 5.86. The fraction of sp³-hybridized carbons (Fsp3) is 0.688. The van der Waals surface area contributed by atoms with Crippen LogP contribution in [0.1, 0.15) is 33.1 Å². The Morgan fingerprint density at radius 1 is 1.25 bits per heavy atom. The number of H-pyrrole nitrogens is 1. The molecular formula is C16H27N5O3.